The summed E-state index contributed by atoms with van der Waals surface area (Å²) in [7, 11) is 4.54. The normalized spacial score (nSPS) is 10.9. The zero-order valence-electron chi connectivity index (χ0n) is 17.1. The lowest BCUT2D eigenvalue weighted by Crippen LogP contribution is -2.28. The minimum atomic E-state index is -0.530. The molecule has 0 bridgehead atoms. The molecule has 30 heavy (non-hydrogen) atoms. The summed E-state index contributed by atoms with van der Waals surface area (Å²) < 4.78 is 17.1. The Labute approximate surface area is 172 Å². The number of hydrogen-bond donors (Lipinski definition) is 1. The van der Waals surface area contributed by atoms with Gasteiger partial charge in [0.05, 0.1) is 32.9 Å². The van der Waals surface area contributed by atoms with Crippen LogP contribution in [0.3, 0.4) is 0 Å². The molecule has 9 heteroatoms. The molecular weight excluding hydrogens is 388 g/mol. The lowest BCUT2D eigenvalue weighted by Gasteiger charge is -2.12. The van der Waals surface area contributed by atoms with Crippen molar-refractivity contribution in [2.24, 2.45) is 5.10 Å². The van der Waals surface area contributed by atoms with E-state index in [1.807, 2.05) is 0 Å². The number of rotatable bonds is 7. The molecule has 2 aromatic carbocycles. The van der Waals surface area contributed by atoms with E-state index in [0.717, 1.165) is 0 Å². The number of nitrogens with zero attached hydrogens (tertiary/aromatic N) is 3. The first-order valence-electron chi connectivity index (χ1n) is 9.17. The van der Waals surface area contributed by atoms with Crippen molar-refractivity contribution in [2.75, 3.05) is 21.3 Å². The second kappa shape index (κ2) is 9.08. The number of aryl methyl sites for hydroxylation is 1. The highest BCUT2D eigenvalue weighted by Gasteiger charge is 2.16. The number of benzene rings is 2. The van der Waals surface area contributed by atoms with E-state index in [2.05, 4.69) is 15.6 Å². The lowest BCUT2D eigenvalue weighted by atomic mass is 10.1. The van der Waals surface area contributed by atoms with Crippen molar-refractivity contribution in [3.63, 3.8) is 0 Å². The van der Waals surface area contributed by atoms with Crippen LogP contribution in [-0.2, 0) is 6.54 Å². The smallest absolute Gasteiger partial charge is 0.292 e. The average molecular weight is 410 g/mol. The average Bonchev–Trinajstić information content (AvgIpc) is 2.78. The molecule has 0 saturated carbocycles. The molecule has 0 atom stereocenters. The fraction of sp³-hybridized carbons (Fsp3) is 0.238. The van der Waals surface area contributed by atoms with Crippen LogP contribution in [0.1, 0.15) is 23.0 Å². The number of methoxy groups -OCH3 is 3. The molecule has 3 rings (SSSR count). The SMILES string of the molecule is CCn1nc(C(=O)N/N=C\c2cc(OC)c(OC)c(OC)c2)c2ccccc2c1=O. The molecule has 0 aliphatic heterocycles. The van der Waals surface area contributed by atoms with E-state index in [9.17, 15) is 9.59 Å². The molecule has 156 valence electrons. The highest BCUT2D eigenvalue weighted by Crippen LogP contribution is 2.37. The van der Waals surface area contributed by atoms with Crippen molar-refractivity contribution < 1.29 is 19.0 Å². The van der Waals surface area contributed by atoms with Crippen LogP contribution in [0.4, 0.5) is 0 Å². The van der Waals surface area contributed by atoms with Gasteiger partial charge in [0.25, 0.3) is 11.5 Å². The molecule has 3 aromatic rings. The van der Waals surface area contributed by atoms with Crippen molar-refractivity contribution in [1.29, 1.82) is 0 Å². The number of amides is 1. The van der Waals surface area contributed by atoms with Gasteiger partial charge in [-0.05, 0) is 25.1 Å². The third-order valence-corrected chi connectivity index (χ3v) is 4.45. The Bertz CT molecular complexity index is 1140. The Morgan fingerprint density at radius 3 is 2.30 bits per heavy atom. The third-order valence-electron chi connectivity index (χ3n) is 4.45. The van der Waals surface area contributed by atoms with Crippen LogP contribution in [0.2, 0.25) is 0 Å². The van der Waals surface area contributed by atoms with Gasteiger partial charge in [-0.2, -0.15) is 10.2 Å². The van der Waals surface area contributed by atoms with Gasteiger partial charge in [0, 0.05) is 17.5 Å². The first kappa shape index (κ1) is 20.8. The molecule has 0 radical (unpaired) electrons. The maximum absolute atomic E-state index is 12.7. The van der Waals surface area contributed by atoms with Gasteiger partial charge in [0.15, 0.2) is 17.2 Å². The second-order valence-electron chi connectivity index (χ2n) is 6.17. The van der Waals surface area contributed by atoms with E-state index in [0.29, 0.717) is 40.1 Å². The molecule has 1 heterocycles. The fourth-order valence-corrected chi connectivity index (χ4v) is 3.01. The van der Waals surface area contributed by atoms with Crippen molar-refractivity contribution >= 4 is 22.9 Å². The van der Waals surface area contributed by atoms with E-state index < -0.39 is 5.91 Å². The van der Waals surface area contributed by atoms with Crippen LogP contribution in [-0.4, -0.2) is 43.2 Å². The topological polar surface area (TPSA) is 104 Å². The predicted octanol–water partition coefficient (Wildman–Crippen LogP) is 2.21. The second-order valence-corrected chi connectivity index (χ2v) is 6.17. The van der Waals surface area contributed by atoms with Crippen molar-refractivity contribution in [1.82, 2.24) is 15.2 Å². The Balaban J connectivity index is 1.90. The number of hydrogen-bond acceptors (Lipinski definition) is 7. The maximum atomic E-state index is 12.7. The molecule has 0 aliphatic rings. The van der Waals surface area contributed by atoms with Gasteiger partial charge in [-0.3, -0.25) is 9.59 Å². The fourth-order valence-electron chi connectivity index (χ4n) is 3.01. The van der Waals surface area contributed by atoms with Gasteiger partial charge in [-0.25, -0.2) is 10.1 Å². The highest BCUT2D eigenvalue weighted by molar-refractivity contribution is 6.05. The molecule has 1 N–H and O–H groups in total. The summed E-state index contributed by atoms with van der Waals surface area (Å²) >= 11 is 0. The van der Waals surface area contributed by atoms with E-state index in [-0.39, 0.29) is 11.3 Å². The molecule has 1 amide bonds. The number of carbonyl (C=O) groups excluding carboxylic acids is 1. The van der Waals surface area contributed by atoms with Crippen molar-refractivity contribution in [3.05, 3.63) is 58.0 Å². The zero-order valence-corrected chi connectivity index (χ0v) is 17.1. The number of carbonyl (C=O) groups is 1. The third kappa shape index (κ3) is 3.95. The van der Waals surface area contributed by atoms with Crippen LogP contribution >= 0.6 is 0 Å². The number of fused-ring (bicyclic) bond motifs is 1. The Kier molecular flexibility index (Phi) is 6.31. The monoisotopic (exact) mass is 410 g/mol. The van der Waals surface area contributed by atoms with Crippen LogP contribution in [0.25, 0.3) is 10.8 Å². The van der Waals surface area contributed by atoms with Crippen molar-refractivity contribution in [2.45, 2.75) is 13.5 Å². The van der Waals surface area contributed by atoms with Gasteiger partial charge in [0.1, 0.15) is 0 Å². The molecule has 0 saturated heterocycles. The van der Waals surface area contributed by atoms with Crippen LogP contribution < -0.4 is 25.2 Å². The van der Waals surface area contributed by atoms with Crippen LogP contribution in [0.15, 0.2) is 46.3 Å². The number of hydrazone groups is 1. The van der Waals surface area contributed by atoms with Crippen LogP contribution in [0, 0.1) is 0 Å². The van der Waals surface area contributed by atoms with E-state index in [4.69, 9.17) is 14.2 Å². The first-order valence-corrected chi connectivity index (χ1v) is 9.17. The van der Waals surface area contributed by atoms with Gasteiger partial charge in [-0.1, -0.05) is 18.2 Å². The van der Waals surface area contributed by atoms with Gasteiger partial charge < -0.3 is 14.2 Å². The minimum Gasteiger partial charge on any atom is -0.493 e. The van der Waals surface area contributed by atoms with Gasteiger partial charge in [0.2, 0.25) is 5.75 Å². The molecule has 0 spiro atoms. The van der Waals surface area contributed by atoms with Gasteiger partial charge >= 0.3 is 0 Å². The summed E-state index contributed by atoms with van der Waals surface area (Å²) in [6.45, 7) is 2.13. The van der Waals surface area contributed by atoms with E-state index in [1.54, 1.807) is 43.3 Å². The minimum absolute atomic E-state index is 0.120. The summed E-state index contributed by atoms with van der Waals surface area (Å²) in [6.07, 6.45) is 1.44. The highest BCUT2D eigenvalue weighted by atomic mass is 16.5. The van der Waals surface area contributed by atoms with Crippen LogP contribution in [0.5, 0.6) is 17.2 Å². The number of nitrogens with one attached hydrogen (secondary N) is 1. The molecule has 0 fully saturated rings. The zero-order chi connectivity index (χ0) is 21.7. The largest absolute Gasteiger partial charge is 0.493 e. The first-order chi connectivity index (χ1) is 14.5. The van der Waals surface area contributed by atoms with E-state index in [1.165, 1.54) is 32.2 Å². The molecule has 9 nitrogen and oxygen atoms in total. The van der Waals surface area contributed by atoms with E-state index >= 15 is 0 Å². The molecular formula is C21H22N4O5. The summed E-state index contributed by atoms with van der Waals surface area (Å²) in [5, 5.41) is 9.08. The quantitative estimate of drug-likeness (QED) is 0.473. The summed E-state index contributed by atoms with van der Waals surface area (Å²) in [4.78, 5) is 25.1. The molecule has 0 unspecified atom stereocenters. The standard InChI is InChI=1S/C21H22N4O5/c1-5-25-21(27)15-9-7-6-8-14(15)18(24-25)20(26)23-22-12-13-10-16(28-2)19(30-4)17(11-13)29-3/h6-12H,5H2,1-4H3,(H,23,26)/b22-12-. The maximum Gasteiger partial charge on any atom is 0.292 e. The Morgan fingerprint density at radius 2 is 1.73 bits per heavy atom. The summed E-state index contributed by atoms with van der Waals surface area (Å²) in [5.74, 6) is 0.857. The number of ether oxygens (including phenoxy) is 3. The Hall–Kier alpha value is -3.88. The Morgan fingerprint density at radius 1 is 1.10 bits per heavy atom. The lowest BCUT2D eigenvalue weighted by molar-refractivity contribution is 0.0949. The number of aromatic nitrogens is 2. The summed E-state index contributed by atoms with van der Waals surface area (Å²) in [6, 6.07) is 10.2. The van der Waals surface area contributed by atoms with Crippen molar-refractivity contribution in [3.8, 4) is 17.2 Å². The molecule has 0 aliphatic carbocycles. The summed E-state index contributed by atoms with van der Waals surface area (Å²) in [5.41, 5.74) is 2.95. The van der Waals surface area contributed by atoms with Gasteiger partial charge in [-0.15, -0.1) is 0 Å². The molecule has 1 aromatic heterocycles. The predicted molar refractivity (Wildman–Crippen MR) is 113 cm³/mol.